The van der Waals surface area contributed by atoms with Crippen molar-refractivity contribution < 1.29 is 9.13 Å². The Balaban J connectivity index is 2.07. The number of rotatable bonds is 5. The minimum atomic E-state index is -0.491. The molecule has 1 aliphatic carbocycles. The monoisotopic (exact) mass is 269 g/mol. The number of hydrazine groups is 1. The number of anilines is 2. The standard InChI is InChI=1S/C12H20FN5O/c1-4-19-9-5-8(12(9,2)3)16-10-7(13)6-15-11(17-10)18-14/h6,8-9H,4-5,14H2,1-3H3,(H2,15,16,17,18). The molecule has 0 radical (unpaired) electrons. The van der Waals surface area contributed by atoms with Gasteiger partial charge in [-0.2, -0.15) is 4.98 Å². The molecule has 1 aliphatic rings. The second-order valence-corrected chi connectivity index (χ2v) is 5.23. The Morgan fingerprint density at radius 1 is 1.58 bits per heavy atom. The lowest BCUT2D eigenvalue weighted by Crippen LogP contribution is -2.58. The molecule has 0 amide bonds. The van der Waals surface area contributed by atoms with Gasteiger partial charge in [0.1, 0.15) is 0 Å². The van der Waals surface area contributed by atoms with Crippen LogP contribution in [0.5, 0.6) is 0 Å². The van der Waals surface area contributed by atoms with E-state index in [1.165, 1.54) is 0 Å². The van der Waals surface area contributed by atoms with E-state index in [4.69, 9.17) is 10.6 Å². The molecule has 19 heavy (non-hydrogen) atoms. The van der Waals surface area contributed by atoms with Gasteiger partial charge in [0.25, 0.3) is 0 Å². The number of halogens is 1. The van der Waals surface area contributed by atoms with E-state index in [0.717, 1.165) is 12.6 Å². The molecule has 1 saturated carbocycles. The molecule has 1 fully saturated rings. The number of hydrogen-bond acceptors (Lipinski definition) is 6. The summed E-state index contributed by atoms with van der Waals surface area (Å²) in [6, 6.07) is 0.110. The summed E-state index contributed by atoms with van der Waals surface area (Å²) in [7, 11) is 0. The van der Waals surface area contributed by atoms with Gasteiger partial charge in [-0.3, -0.25) is 5.43 Å². The quantitative estimate of drug-likeness (QED) is 0.555. The van der Waals surface area contributed by atoms with Gasteiger partial charge in [-0.15, -0.1) is 0 Å². The van der Waals surface area contributed by atoms with Crippen LogP contribution in [0.1, 0.15) is 27.2 Å². The summed E-state index contributed by atoms with van der Waals surface area (Å²) in [5.74, 6) is 5.07. The van der Waals surface area contributed by atoms with Crippen molar-refractivity contribution >= 4 is 11.8 Å². The van der Waals surface area contributed by atoms with Crippen LogP contribution in [0.2, 0.25) is 0 Å². The van der Waals surface area contributed by atoms with Crippen LogP contribution in [0.25, 0.3) is 0 Å². The fourth-order valence-electron chi connectivity index (χ4n) is 2.32. The molecule has 0 aliphatic heterocycles. The lowest BCUT2D eigenvalue weighted by Gasteiger charge is -2.51. The predicted molar refractivity (Wildman–Crippen MR) is 71.0 cm³/mol. The van der Waals surface area contributed by atoms with Crippen LogP contribution in [-0.4, -0.2) is 28.7 Å². The first-order valence-electron chi connectivity index (χ1n) is 6.36. The number of nitrogens with zero attached hydrogens (tertiary/aromatic N) is 2. The number of aromatic nitrogens is 2. The van der Waals surface area contributed by atoms with Crippen molar-refractivity contribution in [3.8, 4) is 0 Å². The lowest BCUT2D eigenvalue weighted by atomic mass is 9.64. The van der Waals surface area contributed by atoms with Gasteiger partial charge in [0.2, 0.25) is 5.95 Å². The highest BCUT2D eigenvalue weighted by atomic mass is 19.1. The summed E-state index contributed by atoms with van der Waals surface area (Å²) in [5, 5.41) is 3.10. The molecular weight excluding hydrogens is 249 g/mol. The zero-order chi connectivity index (χ0) is 14.0. The maximum absolute atomic E-state index is 13.6. The molecule has 0 spiro atoms. The molecule has 2 unspecified atom stereocenters. The Labute approximate surface area is 111 Å². The van der Waals surface area contributed by atoms with Gasteiger partial charge >= 0.3 is 0 Å². The molecular formula is C12H20FN5O. The number of nitrogens with one attached hydrogen (secondary N) is 2. The van der Waals surface area contributed by atoms with E-state index in [0.29, 0.717) is 6.61 Å². The van der Waals surface area contributed by atoms with Gasteiger partial charge in [0.05, 0.1) is 12.3 Å². The summed E-state index contributed by atoms with van der Waals surface area (Å²) in [4.78, 5) is 7.68. The zero-order valence-electron chi connectivity index (χ0n) is 11.4. The van der Waals surface area contributed by atoms with E-state index in [2.05, 4.69) is 34.6 Å². The topological polar surface area (TPSA) is 85.1 Å². The number of nitrogens with two attached hydrogens (primary N) is 1. The van der Waals surface area contributed by atoms with E-state index in [1.54, 1.807) is 0 Å². The van der Waals surface area contributed by atoms with E-state index < -0.39 is 5.82 Å². The van der Waals surface area contributed by atoms with Gasteiger partial charge in [-0.25, -0.2) is 15.2 Å². The Morgan fingerprint density at radius 3 is 2.89 bits per heavy atom. The lowest BCUT2D eigenvalue weighted by molar-refractivity contribution is -0.0977. The van der Waals surface area contributed by atoms with Crippen LogP contribution in [0.15, 0.2) is 6.20 Å². The smallest absolute Gasteiger partial charge is 0.239 e. The Morgan fingerprint density at radius 2 is 2.32 bits per heavy atom. The second kappa shape index (κ2) is 5.26. The second-order valence-electron chi connectivity index (χ2n) is 5.23. The minimum absolute atomic E-state index is 0.0658. The molecule has 1 aromatic rings. The molecule has 0 bridgehead atoms. The van der Waals surface area contributed by atoms with Gasteiger partial charge in [-0.05, 0) is 13.3 Å². The maximum Gasteiger partial charge on any atom is 0.239 e. The third kappa shape index (κ3) is 2.62. The molecule has 4 N–H and O–H groups in total. The average Bonchev–Trinajstić information content (AvgIpc) is 2.39. The molecule has 106 valence electrons. The molecule has 2 atom stereocenters. The summed E-state index contributed by atoms with van der Waals surface area (Å²) < 4.78 is 19.3. The maximum atomic E-state index is 13.6. The first-order chi connectivity index (χ1) is 8.98. The highest BCUT2D eigenvalue weighted by Crippen LogP contribution is 2.44. The van der Waals surface area contributed by atoms with Crippen LogP contribution in [0.3, 0.4) is 0 Å². The Kier molecular flexibility index (Phi) is 3.86. The van der Waals surface area contributed by atoms with E-state index >= 15 is 0 Å². The average molecular weight is 269 g/mol. The van der Waals surface area contributed by atoms with Crippen LogP contribution in [0, 0.1) is 11.2 Å². The summed E-state index contributed by atoms with van der Waals surface area (Å²) in [6.07, 6.45) is 2.11. The van der Waals surface area contributed by atoms with Gasteiger partial charge in [0, 0.05) is 18.1 Å². The molecule has 2 rings (SSSR count). The van der Waals surface area contributed by atoms with Crippen molar-refractivity contribution in [1.29, 1.82) is 0 Å². The highest BCUT2D eigenvalue weighted by molar-refractivity contribution is 5.42. The van der Waals surface area contributed by atoms with Crippen molar-refractivity contribution in [2.24, 2.45) is 11.3 Å². The minimum Gasteiger partial charge on any atom is -0.378 e. The first-order valence-corrected chi connectivity index (χ1v) is 6.36. The summed E-state index contributed by atoms with van der Waals surface area (Å²) in [6.45, 7) is 6.84. The molecule has 0 aromatic carbocycles. The van der Waals surface area contributed by atoms with Gasteiger partial charge < -0.3 is 10.1 Å². The van der Waals surface area contributed by atoms with Crippen molar-refractivity contribution in [2.45, 2.75) is 39.3 Å². The van der Waals surface area contributed by atoms with Crippen molar-refractivity contribution in [3.05, 3.63) is 12.0 Å². The molecule has 6 nitrogen and oxygen atoms in total. The van der Waals surface area contributed by atoms with Gasteiger partial charge in [0.15, 0.2) is 11.6 Å². The van der Waals surface area contributed by atoms with Crippen molar-refractivity contribution in [2.75, 3.05) is 17.3 Å². The third-order valence-corrected chi connectivity index (χ3v) is 3.73. The largest absolute Gasteiger partial charge is 0.378 e. The van der Waals surface area contributed by atoms with E-state index in [1.807, 2.05) is 6.92 Å². The van der Waals surface area contributed by atoms with Crippen LogP contribution in [0.4, 0.5) is 16.2 Å². The number of ether oxygens (including phenoxy) is 1. The fourth-order valence-corrected chi connectivity index (χ4v) is 2.32. The van der Waals surface area contributed by atoms with E-state index in [9.17, 15) is 4.39 Å². The SMILES string of the molecule is CCOC1CC(Nc2nc(NN)ncc2F)C1(C)C. The zero-order valence-corrected chi connectivity index (χ0v) is 11.4. The van der Waals surface area contributed by atoms with Crippen molar-refractivity contribution in [1.82, 2.24) is 9.97 Å². The number of hydrogen-bond donors (Lipinski definition) is 3. The molecule has 0 saturated heterocycles. The molecule has 7 heteroatoms. The highest BCUT2D eigenvalue weighted by Gasteiger charge is 2.49. The normalized spacial score (nSPS) is 24.7. The first kappa shape index (κ1) is 14.0. The Bertz CT molecular complexity index is 454. The molecule has 1 heterocycles. The summed E-state index contributed by atoms with van der Waals surface area (Å²) >= 11 is 0. The van der Waals surface area contributed by atoms with E-state index in [-0.39, 0.29) is 29.3 Å². The summed E-state index contributed by atoms with van der Waals surface area (Å²) in [5.41, 5.74) is 2.23. The fraction of sp³-hybridized carbons (Fsp3) is 0.667. The molecule has 1 aromatic heterocycles. The number of nitrogen functional groups attached to an aromatic ring is 1. The third-order valence-electron chi connectivity index (χ3n) is 3.73. The van der Waals surface area contributed by atoms with Crippen LogP contribution >= 0.6 is 0 Å². The van der Waals surface area contributed by atoms with Crippen molar-refractivity contribution in [3.63, 3.8) is 0 Å². The Hall–Kier alpha value is -1.47. The van der Waals surface area contributed by atoms with Gasteiger partial charge in [-0.1, -0.05) is 13.8 Å². The predicted octanol–water partition coefficient (Wildman–Crippen LogP) is 1.52. The van der Waals surface area contributed by atoms with Crippen LogP contribution in [-0.2, 0) is 4.74 Å². The van der Waals surface area contributed by atoms with Crippen LogP contribution < -0.4 is 16.6 Å².